The van der Waals surface area contributed by atoms with Crippen LogP contribution in [0.4, 0.5) is 0 Å². The number of rotatable bonds is 4. The Hall–Kier alpha value is -2.28. The summed E-state index contributed by atoms with van der Waals surface area (Å²) in [6, 6.07) is 0. The minimum atomic E-state index is -0.891. The lowest BCUT2D eigenvalue weighted by molar-refractivity contribution is -0.153. The Bertz CT molecular complexity index is 1250. The van der Waals surface area contributed by atoms with Gasteiger partial charge < -0.3 is 14.2 Å². The van der Waals surface area contributed by atoms with E-state index in [0.29, 0.717) is 29.7 Å². The van der Waals surface area contributed by atoms with Gasteiger partial charge in [0.15, 0.2) is 17.2 Å². The number of ether oxygens (including phenoxy) is 3. The number of hydrogen-bond acceptors (Lipinski definition) is 7. The van der Waals surface area contributed by atoms with Gasteiger partial charge in [-0.2, -0.15) is 0 Å². The number of epoxide rings is 1. The van der Waals surface area contributed by atoms with E-state index in [0.717, 1.165) is 37.7 Å². The average molecular weight is 523 g/mol. The van der Waals surface area contributed by atoms with Crippen molar-refractivity contribution < 1.29 is 33.4 Å². The number of carbonyl (C=O) groups excluding carboxylic acids is 4. The van der Waals surface area contributed by atoms with E-state index in [2.05, 4.69) is 20.8 Å². The number of carbonyl (C=O) groups is 4. The minimum Gasteiger partial charge on any atom is -0.461 e. The molecule has 204 valence electrons. The van der Waals surface area contributed by atoms with Crippen LogP contribution in [-0.4, -0.2) is 47.9 Å². The third kappa shape index (κ3) is 2.56. The van der Waals surface area contributed by atoms with Gasteiger partial charge in [0.25, 0.3) is 0 Å². The van der Waals surface area contributed by atoms with Crippen LogP contribution in [0.1, 0.15) is 73.1 Å². The normalized spacial score (nSPS) is 50.7. The molecule has 0 N–H and O–H groups in total. The quantitative estimate of drug-likeness (QED) is 0.404. The Morgan fingerprint density at radius 3 is 2.58 bits per heavy atom. The van der Waals surface area contributed by atoms with Gasteiger partial charge in [0.2, 0.25) is 0 Å². The first kappa shape index (κ1) is 24.7. The van der Waals surface area contributed by atoms with Crippen LogP contribution in [0.5, 0.6) is 0 Å². The summed E-state index contributed by atoms with van der Waals surface area (Å²) in [7, 11) is 0. The molecule has 2 aliphatic heterocycles. The van der Waals surface area contributed by atoms with Gasteiger partial charge in [-0.1, -0.05) is 26.3 Å². The highest BCUT2D eigenvalue weighted by Crippen LogP contribution is 2.91. The number of allylic oxidation sites excluding steroid dienone is 1. The highest BCUT2D eigenvalue weighted by Gasteiger charge is 2.97. The monoisotopic (exact) mass is 522 g/mol. The van der Waals surface area contributed by atoms with Crippen molar-refractivity contribution in [1.29, 1.82) is 0 Å². The van der Waals surface area contributed by atoms with Crippen molar-refractivity contribution in [2.24, 2.45) is 45.8 Å². The molecule has 7 nitrogen and oxygen atoms in total. The molecule has 0 aromatic rings. The maximum Gasteiger partial charge on any atom is 0.337 e. The minimum absolute atomic E-state index is 0.00569. The molecule has 11 atom stereocenters. The summed E-state index contributed by atoms with van der Waals surface area (Å²) in [6.45, 7) is 10.1. The van der Waals surface area contributed by atoms with E-state index in [1.165, 1.54) is 19.1 Å². The number of esters is 2. The molecule has 2 heterocycles. The van der Waals surface area contributed by atoms with E-state index in [1.807, 2.05) is 6.92 Å². The van der Waals surface area contributed by atoms with E-state index in [-0.39, 0.29) is 59.0 Å². The molecule has 0 aromatic carbocycles. The van der Waals surface area contributed by atoms with Gasteiger partial charge >= 0.3 is 11.9 Å². The first-order valence-electron chi connectivity index (χ1n) is 14.4. The Labute approximate surface area is 223 Å². The first-order valence-corrected chi connectivity index (χ1v) is 14.4. The fourth-order valence-corrected chi connectivity index (χ4v) is 11.2. The van der Waals surface area contributed by atoms with Crippen LogP contribution in [0, 0.1) is 45.8 Å². The summed E-state index contributed by atoms with van der Waals surface area (Å²) in [4.78, 5) is 50.8. The van der Waals surface area contributed by atoms with Gasteiger partial charge in [0, 0.05) is 13.3 Å². The summed E-state index contributed by atoms with van der Waals surface area (Å²) in [6.07, 6.45) is 8.37. The van der Waals surface area contributed by atoms with Crippen LogP contribution >= 0.6 is 0 Å². The van der Waals surface area contributed by atoms with Crippen molar-refractivity contribution in [1.82, 2.24) is 0 Å². The first-order chi connectivity index (χ1) is 18.0. The van der Waals surface area contributed by atoms with E-state index in [9.17, 15) is 19.2 Å². The standard InChI is InChI=1S/C31H38O7/c1-15-12-23(37-27(35)19(15)14-36-18(4)32)16(2)20-6-7-21-22-13-26-31(38-26)25(34)9-8-24(33)30(31)17(3)29(22,30)11-10-28(20,21)5/h8-9,16-17,20-23,26H,6-7,10-14H2,1-5H3/t16-,17?,20?,21?,22?,23?,26+,28+,29?,30+,31+/m0/s1. The van der Waals surface area contributed by atoms with Crippen molar-refractivity contribution in [3.63, 3.8) is 0 Å². The molecular formula is C31H38O7. The number of cyclic esters (lactones) is 1. The zero-order valence-corrected chi connectivity index (χ0v) is 23.0. The summed E-state index contributed by atoms with van der Waals surface area (Å²) >= 11 is 0. The molecule has 1 saturated heterocycles. The van der Waals surface area contributed by atoms with Crippen LogP contribution in [-0.2, 0) is 33.4 Å². The third-order valence-corrected chi connectivity index (χ3v) is 12.9. The molecule has 5 aliphatic carbocycles. The predicted octanol–water partition coefficient (Wildman–Crippen LogP) is 4.13. The molecule has 4 saturated carbocycles. The highest BCUT2D eigenvalue weighted by molar-refractivity contribution is 6.17. The van der Waals surface area contributed by atoms with E-state index < -0.39 is 17.0 Å². The van der Waals surface area contributed by atoms with Crippen LogP contribution < -0.4 is 0 Å². The zero-order valence-electron chi connectivity index (χ0n) is 23.0. The van der Waals surface area contributed by atoms with Gasteiger partial charge in [0.05, 0.1) is 17.1 Å². The van der Waals surface area contributed by atoms with Gasteiger partial charge in [0.1, 0.15) is 12.7 Å². The predicted molar refractivity (Wildman–Crippen MR) is 135 cm³/mol. The second-order valence-electron chi connectivity index (χ2n) is 13.7. The Kier molecular flexibility index (Phi) is 4.86. The smallest absolute Gasteiger partial charge is 0.337 e. The van der Waals surface area contributed by atoms with Crippen molar-refractivity contribution in [3.05, 3.63) is 23.3 Å². The maximum absolute atomic E-state index is 13.6. The van der Waals surface area contributed by atoms with Crippen LogP contribution in [0.25, 0.3) is 0 Å². The van der Waals surface area contributed by atoms with Crippen LogP contribution in [0.3, 0.4) is 0 Å². The molecule has 7 heteroatoms. The molecule has 3 spiro atoms. The van der Waals surface area contributed by atoms with Gasteiger partial charge in [-0.25, -0.2) is 4.79 Å². The van der Waals surface area contributed by atoms with Crippen molar-refractivity contribution in [2.75, 3.05) is 6.61 Å². The summed E-state index contributed by atoms with van der Waals surface area (Å²) in [5.74, 6) is 0.955. The third-order valence-electron chi connectivity index (χ3n) is 12.9. The largest absolute Gasteiger partial charge is 0.461 e. The zero-order chi connectivity index (χ0) is 27.0. The van der Waals surface area contributed by atoms with Gasteiger partial charge in [-0.3, -0.25) is 14.4 Å². The molecule has 6 unspecified atom stereocenters. The van der Waals surface area contributed by atoms with Crippen LogP contribution in [0.2, 0.25) is 0 Å². The number of fused-ring (bicyclic) bond motifs is 2. The van der Waals surface area contributed by atoms with E-state index in [1.54, 1.807) is 0 Å². The van der Waals surface area contributed by atoms with Crippen LogP contribution in [0.15, 0.2) is 23.3 Å². The number of ketones is 2. The molecule has 5 fully saturated rings. The lowest BCUT2D eigenvalue weighted by Crippen LogP contribution is -2.56. The summed E-state index contributed by atoms with van der Waals surface area (Å²) < 4.78 is 17.3. The fourth-order valence-electron chi connectivity index (χ4n) is 11.2. The maximum atomic E-state index is 13.6. The molecule has 0 amide bonds. The molecule has 0 bridgehead atoms. The molecule has 7 rings (SSSR count). The summed E-state index contributed by atoms with van der Waals surface area (Å²) in [5, 5.41) is 0. The van der Waals surface area contributed by atoms with Crippen molar-refractivity contribution in [3.8, 4) is 0 Å². The molecule has 0 aromatic heterocycles. The topological polar surface area (TPSA) is 99.3 Å². The molecule has 0 radical (unpaired) electrons. The SMILES string of the molecule is CC(=O)OCC1=C(C)CC([C@@H](C)C2CCC3C4C[C@H]5O[C@]56C(=O)C=CC(=O)[C@@]65C(C)C45CC[C@@]32C)OC1=O. The molecule has 38 heavy (non-hydrogen) atoms. The lowest BCUT2D eigenvalue weighted by Gasteiger charge is -2.54. The van der Waals surface area contributed by atoms with Crippen molar-refractivity contribution in [2.45, 2.75) is 91.0 Å². The van der Waals surface area contributed by atoms with E-state index in [4.69, 9.17) is 14.2 Å². The Balaban J connectivity index is 1.15. The lowest BCUT2D eigenvalue weighted by atomic mass is 9.49. The second kappa shape index (κ2) is 7.47. The van der Waals surface area contributed by atoms with E-state index >= 15 is 0 Å². The van der Waals surface area contributed by atoms with Gasteiger partial charge in [-0.15, -0.1) is 0 Å². The Morgan fingerprint density at radius 2 is 1.87 bits per heavy atom. The second-order valence-corrected chi connectivity index (χ2v) is 13.7. The van der Waals surface area contributed by atoms with Crippen molar-refractivity contribution >= 4 is 23.5 Å². The Morgan fingerprint density at radius 1 is 1.13 bits per heavy atom. The summed E-state index contributed by atoms with van der Waals surface area (Å²) in [5.41, 5.74) is -0.197. The number of hydrogen-bond donors (Lipinski definition) is 0. The molecular weight excluding hydrogens is 484 g/mol. The highest BCUT2D eigenvalue weighted by atomic mass is 16.6. The average Bonchev–Trinajstić information content (AvgIpc) is 3.67. The molecule has 7 aliphatic rings. The fraction of sp³-hybridized carbons (Fsp3) is 0.742. The van der Waals surface area contributed by atoms with Gasteiger partial charge in [-0.05, 0) is 91.6 Å².